The average molecular weight is 266 g/mol. The third-order valence-electron chi connectivity index (χ3n) is 4.12. The lowest BCUT2D eigenvalue weighted by molar-refractivity contribution is -0.124. The maximum atomic E-state index is 12.4. The van der Waals surface area contributed by atoms with Crippen LogP contribution in [0.2, 0.25) is 5.02 Å². The lowest BCUT2D eigenvalue weighted by Crippen LogP contribution is -2.45. The molecule has 3 rings (SSSR count). The first-order valence-electron chi connectivity index (χ1n) is 6.30. The Bertz CT molecular complexity index is 475. The van der Waals surface area contributed by atoms with E-state index in [0.29, 0.717) is 5.02 Å². The summed E-state index contributed by atoms with van der Waals surface area (Å²) >= 11 is 5.87. The van der Waals surface area contributed by atoms with Crippen LogP contribution in [0.5, 0.6) is 0 Å². The van der Waals surface area contributed by atoms with Crippen LogP contribution in [0, 0.1) is 0 Å². The second-order valence-electron chi connectivity index (χ2n) is 5.48. The molecule has 1 aromatic rings. The monoisotopic (exact) mass is 265 g/mol. The van der Waals surface area contributed by atoms with E-state index in [1.807, 2.05) is 24.3 Å². The molecule has 18 heavy (non-hydrogen) atoms. The Morgan fingerprint density at radius 2 is 1.83 bits per heavy atom. The number of aliphatic hydroxyl groups is 1. The zero-order chi connectivity index (χ0) is 12.8. The first-order valence-corrected chi connectivity index (χ1v) is 6.68. The smallest absolute Gasteiger partial charge is 0.231 e. The number of hydrogen-bond acceptors (Lipinski definition) is 2. The van der Waals surface area contributed by atoms with E-state index in [4.69, 9.17) is 11.6 Å². The molecule has 0 saturated heterocycles. The molecule has 2 aliphatic rings. The van der Waals surface area contributed by atoms with Gasteiger partial charge in [0.15, 0.2) is 0 Å². The number of benzene rings is 1. The van der Waals surface area contributed by atoms with Gasteiger partial charge in [-0.15, -0.1) is 0 Å². The number of aliphatic hydroxyl groups excluding tert-OH is 1. The molecule has 2 N–H and O–H groups in total. The van der Waals surface area contributed by atoms with E-state index in [1.165, 1.54) is 0 Å². The Labute approximate surface area is 111 Å². The molecule has 0 unspecified atom stereocenters. The molecule has 2 fully saturated rings. The van der Waals surface area contributed by atoms with E-state index in [9.17, 15) is 9.90 Å². The van der Waals surface area contributed by atoms with Gasteiger partial charge in [-0.25, -0.2) is 0 Å². The van der Waals surface area contributed by atoms with Gasteiger partial charge in [-0.05, 0) is 43.4 Å². The molecule has 0 aliphatic heterocycles. The van der Waals surface area contributed by atoms with Crippen molar-refractivity contribution in [2.45, 2.75) is 36.6 Å². The van der Waals surface area contributed by atoms with Crippen molar-refractivity contribution in [1.82, 2.24) is 5.32 Å². The molecule has 3 nitrogen and oxygen atoms in total. The molecule has 0 aromatic heterocycles. The molecular formula is C14H16ClNO2. The summed E-state index contributed by atoms with van der Waals surface area (Å²) in [5.41, 5.74) is 0.312. The van der Waals surface area contributed by atoms with Crippen LogP contribution in [0.15, 0.2) is 24.3 Å². The minimum Gasteiger partial charge on any atom is -0.394 e. The highest BCUT2D eigenvalue weighted by atomic mass is 35.5. The highest BCUT2D eigenvalue weighted by Crippen LogP contribution is 2.49. The third-order valence-corrected chi connectivity index (χ3v) is 4.37. The Kier molecular flexibility index (Phi) is 2.65. The van der Waals surface area contributed by atoms with Crippen molar-refractivity contribution in [2.24, 2.45) is 0 Å². The molecule has 1 amide bonds. The normalized spacial score (nSPS) is 22.3. The first-order chi connectivity index (χ1) is 8.60. The summed E-state index contributed by atoms with van der Waals surface area (Å²) in [6.45, 7) is 0.0371. The van der Waals surface area contributed by atoms with Crippen LogP contribution in [-0.2, 0) is 10.2 Å². The van der Waals surface area contributed by atoms with Crippen molar-refractivity contribution in [3.05, 3.63) is 34.9 Å². The average Bonchev–Trinajstić information content (AvgIpc) is 3.25. The van der Waals surface area contributed by atoms with Gasteiger partial charge in [0.1, 0.15) is 0 Å². The maximum Gasteiger partial charge on any atom is 0.231 e. The van der Waals surface area contributed by atoms with Crippen molar-refractivity contribution in [1.29, 1.82) is 0 Å². The lowest BCUT2D eigenvalue weighted by Gasteiger charge is -2.20. The van der Waals surface area contributed by atoms with Crippen molar-refractivity contribution in [3.8, 4) is 0 Å². The Morgan fingerprint density at radius 3 is 2.28 bits per heavy atom. The number of hydrogen-bond donors (Lipinski definition) is 2. The first kappa shape index (κ1) is 12.0. The molecule has 0 radical (unpaired) electrons. The molecule has 2 saturated carbocycles. The summed E-state index contributed by atoms with van der Waals surface area (Å²) in [6, 6.07) is 7.49. The van der Waals surface area contributed by atoms with Crippen LogP contribution in [0.1, 0.15) is 31.2 Å². The minimum absolute atomic E-state index is 0.0371. The van der Waals surface area contributed by atoms with Crippen LogP contribution >= 0.6 is 11.6 Å². The van der Waals surface area contributed by atoms with Crippen molar-refractivity contribution < 1.29 is 9.90 Å². The van der Waals surface area contributed by atoms with E-state index in [2.05, 4.69) is 5.32 Å². The largest absolute Gasteiger partial charge is 0.394 e. The van der Waals surface area contributed by atoms with Gasteiger partial charge in [-0.1, -0.05) is 23.7 Å². The maximum absolute atomic E-state index is 12.4. The summed E-state index contributed by atoms with van der Waals surface area (Å²) in [4.78, 5) is 12.4. The summed E-state index contributed by atoms with van der Waals surface area (Å²) in [5, 5.41) is 13.0. The van der Waals surface area contributed by atoms with E-state index >= 15 is 0 Å². The number of rotatable bonds is 4. The van der Waals surface area contributed by atoms with Crippen molar-refractivity contribution in [3.63, 3.8) is 0 Å². The molecule has 0 atom stereocenters. The number of carbonyl (C=O) groups excluding carboxylic acids is 1. The number of nitrogens with one attached hydrogen (secondary N) is 1. The van der Waals surface area contributed by atoms with Crippen LogP contribution in [0.25, 0.3) is 0 Å². The summed E-state index contributed by atoms with van der Waals surface area (Å²) < 4.78 is 0. The topological polar surface area (TPSA) is 49.3 Å². The van der Waals surface area contributed by atoms with Crippen LogP contribution in [0.4, 0.5) is 0 Å². The fraction of sp³-hybridized carbons (Fsp3) is 0.500. The van der Waals surface area contributed by atoms with E-state index in [-0.39, 0.29) is 23.5 Å². The third kappa shape index (κ3) is 1.91. The second-order valence-corrected chi connectivity index (χ2v) is 5.92. The molecule has 0 bridgehead atoms. The summed E-state index contributed by atoms with van der Waals surface area (Å²) in [5.74, 6) is 0.0522. The van der Waals surface area contributed by atoms with Gasteiger partial charge in [0, 0.05) is 5.02 Å². The van der Waals surface area contributed by atoms with Gasteiger partial charge < -0.3 is 10.4 Å². The lowest BCUT2D eigenvalue weighted by atomic mass is 9.94. The second kappa shape index (κ2) is 3.97. The van der Waals surface area contributed by atoms with E-state index in [0.717, 1.165) is 31.2 Å². The molecular weight excluding hydrogens is 250 g/mol. The fourth-order valence-electron chi connectivity index (χ4n) is 2.37. The molecule has 2 aliphatic carbocycles. The van der Waals surface area contributed by atoms with Crippen molar-refractivity contribution >= 4 is 17.5 Å². The van der Waals surface area contributed by atoms with Gasteiger partial charge in [0.25, 0.3) is 0 Å². The summed E-state index contributed by atoms with van der Waals surface area (Å²) in [6.07, 6.45) is 3.52. The quantitative estimate of drug-likeness (QED) is 0.875. The Hall–Kier alpha value is -1.06. The van der Waals surface area contributed by atoms with Crippen LogP contribution in [-0.4, -0.2) is 23.2 Å². The van der Waals surface area contributed by atoms with Crippen LogP contribution < -0.4 is 5.32 Å². The highest BCUT2D eigenvalue weighted by Gasteiger charge is 2.55. The van der Waals surface area contributed by atoms with Gasteiger partial charge in [-0.2, -0.15) is 0 Å². The van der Waals surface area contributed by atoms with Gasteiger partial charge in [-0.3, -0.25) is 4.79 Å². The number of halogens is 1. The SMILES string of the molecule is O=C(NC1(CO)CC1)C1(c2ccc(Cl)cc2)CC1. The van der Waals surface area contributed by atoms with Crippen molar-refractivity contribution in [2.75, 3.05) is 6.61 Å². The summed E-state index contributed by atoms with van der Waals surface area (Å²) in [7, 11) is 0. The zero-order valence-corrected chi connectivity index (χ0v) is 10.8. The van der Waals surface area contributed by atoms with E-state index < -0.39 is 0 Å². The molecule has 0 spiro atoms. The minimum atomic E-state index is -0.380. The van der Waals surface area contributed by atoms with E-state index in [1.54, 1.807) is 0 Å². The number of amides is 1. The van der Waals surface area contributed by atoms with Gasteiger partial charge >= 0.3 is 0 Å². The molecule has 4 heteroatoms. The zero-order valence-electron chi connectivity index (χ0n) is 10.1. The van der Waals surface area contributed by atoms with Gasteiger partial charge in [0.2, 0.25) is 5.91 Å². The molecule has 0 heterocycles. The predicted octanol–water partition coefficient (Wildman–Crippen LogP) is 2.01. The standard InChI is InChI=1S/C14H16ClNO2/c15-11-3-1-10(2-4-11)14(7-8-14)12(18)16-13(9-17)5-6-13/h1-4,17H,5-9H2,(H,16,18). The molecule has 96 valence electrons. The fourth-order valence-corrected chi connectivity index (χ4v) is 2.50. The predicted molar refractivity (Wildman–Crippen MR) is 69.6 cm³/mol. The highest BCUT2D eigenvalue weighted by molar-refractivity contribution is 6.30. The Balaban J connectivity index is 1.78. The van der Waals surface area contributed by atoms with Crippen LogP contribution in [0.3, 0.4) is 0 Å². The molecule has 1 aromatic carbocycles. The number of carbonyl (C=O) groups is 1. The Morgan fingerprint density at radius 1 is 1.22 bits per heavy atom. The van der Waals surface area contributed by atoms with Gasteiger partial charge in [0.05, 0.1) is 17.6 Å².